The van der Waals surface area contributed by atoms with Gasteiger partial charge in [-0.15, -0.1) is 0 Å². The first kappa shape index (κ1) is 15.4. The number of rotatable bonds is 10. The van der Waals surface area contributed by atoms with Crippen molar-refractivity contribution in [1.82, 2.24) is 4.90 Å². The zero-order valence-electron chi connectivity index (χ0n) is 10.3. The fraction of sp³-hybridized carbons (Fsp3) is 0.917. The summed E-state index contributed by atoms with van der Waals surface area (Å²) >= 11 is 0. The van der Waals surface area contributed by atoms with Crippen LogP contribution < -0.4 is 0 Å². The molecule has 0 aliphatic carbocycles. The molecular weight excluding hydrogens is 206 g/mol. The SMILES string of the molecule is CCCCCCN(CCO)C(=O)CCCO. The number of unbranched alkanes of at least 4 members (excludes halogenated alkanes) is 3. The number of carbonyl (C=O) groups excluding carboxylic acids is 1. The van der Waals surface area contributed by atoms with Crippen molar-refractivity contribution >= 4 is 5.91 Å². The van der Waals surface area contributed by atoms with Gasteiger partial charge < -0.3 is 15.1 Å². The van der Waals surface area contributed by atoms with Gasteiger partial charge in [-0.1, -0.05) is 26.2 Å². The van der Waals surface area contributed by atoms with Crippen LogP contribution in [0.3, 0.4) is 0 Å². The van der Waals surface area contributed by atoms with Gasteiger partial charge in [-0.05, 0) is 12.8 Å². The van der Waals surface area contributed by atoms with Crippen molar-refractivity contribution in [3.05, 3.63) is 0 Å². The maximum Gasteiger partial charge on any atom is 0.222 e. The van der Waals surface area contributed by atoms with E-state index in [1.54, 1.807) is 4.90 Å². The van der Waals surface area contributed by atoms with Crippen molar-refractivity contribution in [3.8, 4) is 0 Å². The Morgan fingerprint density at radius 3 is 2.31 bits per heavy atom. The number of hydrogen-bond donors (Lipinski definition) is 2. The van der Waals surface area contributed by atoms with Gasteiger partial charge in [0.2, 0.25) is 5.91 Å². The van der Waals surface area contributed by atoms with Gasteiger partial charge in [-0.2, -0.15) is 0 Å². The maximum absolute atomic E-state index is 11.7. The van der Waals surface area contributed by atoms with E-state index >= 15 is 0 Å². The van der Waals surface area contributed by atoms with Crippen molar-refractivity contribution in [1.29, 1.82) is 0 Å². The Morgan fingerprint density at radius 1 is 1.00 bits per heavy atom. The molecule has 0 saturated heterocycles. The second kappa shape index (κ2) is 10.9. The van der Waals surface area contributed by atoms with E-state index in [4.69, 9.17) is 10.2 Å². The van der Waals surface area contributed by atoms with Gasteiger partial charge in [0.1, 0.15) is 0 Å². The van der Waals surface area contributed by atoms with E-state index in [0.29, 0.717) is 19.4 Å². The number of aliphatic hydroxyl groups is 2. The summed E-state index contributed by atoms with van der Waals surface area (Å²) in [6.45, 7) is 3.35. The molecule has 0 fully saturated rings. The lowest BCUT2D eigenvalue weighted by Gasteiger charge is -2.21. The second-order valence-electron chi connectivity index (χ2n) is 3.99. The molecule has 96 valence electrons. The van der Waals surface area contributed by atoms with Crippen molar-refractivity contribution in [3.63, 3.8) is 0 Å². The van der Waals surface area contributed by atoms with Crippen LogP contribution in [-0.4, -0.2) is 47.3 Å². The van der Waals surface area contributed by atoms with Crippen LogP contribution in [0.2, 0.25) is 0 Å². The molecular formula is C12H25NO3. The highest BCUT2D eigenvalue weighted by Crippen LogP contribution is 2.04. The molecule has 4 nitrogen and oxygen atoms in total. The Kier molecular flexibility index (Phi) is 10.5. The van der Waals surface area contributed by atoms with E-state index in [0.717, 1.165) is 19.4 Å². The average Bonchev–Trinajstić information content (AvgIpc) is 2.30. The van der Waals surface area contributed by atoms with Gasteiger partial charge in [-0.3, -0.25) is 4.79 Å². The standard InChI is InChI=1S/C12H25NO3/c1-2-3-4-5-8-13(9-11-15)12(16)7-6-10-14/h14-15H,2-11H2,1H3. The molecule has 0 radical (unpaired) electrons. The van der Waals surface area contributed by atoms with Gasteiger partial charge in [-0.25, -0.2) is 0 Å². The summed E-state index contributed by atoms with van der Waals surface area (Å²) < 4.78 is 0. The van der Waals surface area contributed by atoms with Crippen LogP contribution in [-0.2, 0) is 4.79 Å². The molecule has 0 bridgehead atoms. The summed E-state index contributed by atoms with van der Waals surface area (Å²) in [5, 5.41) is 17.5. The first-order valence-electron chi connectivity index (χ1n) is 6.25. The molecule has 4 heteroatoms. The lowest BCUT2D eigenvalue weighted by molar-refractivity contribution is -0.132. The molecule has 16 heavy (non-hydrogen) atoms. The molecule has 0 aromatic carbocycles. The molecule has 0 saturated carbocycles. The van der Waals surface area contributed by atoms with E-state index in [1.165, 1.54) is 12.8 Å². The second-order valence-corrected chi connectivity index (χ2v) is 3.99. The van der Waals surface area contributed by atoms with E-state index in [9.17, 15) is 4.79 Å². The van der Waals surface area contributed by atoms with Crippen LogP contribution in [0.15, 0.2) is 0 Å². The number of aliphatic hydroxyl groups excluding tert-OH is 2. The van der Waals surface area contributed by atoms with Crippen LogP contribution in [0.25, 0.3) is 0 Å². The number of nitrogens with zero attached hydrogens (tertiary/aromatic N) is 1. The highest BCUT2D eigenvalue weighted by atomic mass is 16.3. The smallest absolute Gasteiger partial charge is 0.222 e. The van der Waals surface area contributed by atoms with Gasteiger partial charge >= 0.3 is 0 Å². The largest absolute Gasteiger partial charge is 0.396 e. The van der Waals surface area contributed by atoms with Crippen molar-refractivity contribution in [2.45, 2.75) is 45.4 Å². The Morgan fingerprint density at radius 2 is 1.75 bits per heavy atom. The van der Waals surface area contributed by atoms with E-state index < -0.39 is 0 Å². The molecule has 0 aliphatic heterocycles. The van der Waals surface area contributed by atoms with Gasteiger partial charge in [0.25, 0.3) is 0 Å². The minimum atomic E-state index is 0.0125. The number of carbonyl (C=O) groups is 1. The summed E-state index contributed by atoms with van der Waals surface area (Å²) in [6.07, 6.45) is 5.39. The van der Waals surface area contributed by atoms with Crippen LogP contribution >= 0.6 is 0 Å². The zero-order chi connectivity index (χ0) is 12.2. The molecule has 1 amide bonds. The Balaban J connectivity index is 3.80. The normalized spacial score (nSPS) is 10.4. The molecule has 0 atom stereocenters. The summed E-state index contributed by atoms with van der Waals surface area (Å²) in [4.78, 5) is 13.4. The third-order valence-corrected chi connectivity index (χ3v) is 2.55. The Hall–Kier alpha value is -0.610. The molecule has 0 spiro atoms. The molecule has 0 aromatic heterocycles. The summed E-state index contributed by atoms with van der Waals surface area (Å²) in [5.41, 5.74) is 0. The van der Waals surface area contributed by atoms with Crippen molar-refractivity contribution in [2.75, 3.05) is 26.3 Å². The molecule has 0 aromatic rings. The highest BCUT2D eigenvalue weighted by molar-refractivity contribution is 5.76. The summed E-state index contributed by atoms with van der Waals surface area (Å²) in [7, 11) is 0. The van der Waals surface area contributed by atoms with Crippen molar-refractivity contribution < 1.29 is 15.0 Å². The predicted octanol–water partition coefficient (Wildman–Crippen LogP) is 1.16. The van der Waals surface area contributed by atoms with Crippen LogP contribution in [0.1, 0.15) is 45.4 Å². The van der Waals surface area contributed by atoms with Gasteiger partial charge in [0.05, 0.1) is 6.61 Å². The minimum Gasteiger partial charge on any atom is -0.396 e. The minimum absolute atomic E-state index is 0.0125. The van der Waals surface area contributed by atoms with Gasteiger partial charge in [0.15, 0.2) is 0 Å². The van der Waals surface area contributed by atoms with E-state index in [-0.39, 0.29) is 19.1 Å². The third-order valence-electron chi connectivity index (χ3n) is 2.55. The lowest BCUT2D eigenvalue weighted by atomic mass is 10.2. The summed E-state index contributed by atoms with van der Waals surface area (Å²) in [6, 6.07) is 0. The number of hydrogen-bond acceptors (Lipinski definition) is 3. The molecule has 0 heterocycles. The quantitative estimate of drug-likeness (QED) is 0.555. The molecule has 0 unspecified atom stereocenters. The lowest BCUT2D eigenvalue weighted by Crippen LogP contribution is -2.34. The topological polar surface area (TPSA) is 60.8 Å². The molecule has 0 aliphatic rings. The Labute approximate surface area is 98.3 Å². The van der Waals surface area contributed by atoms with E-state index in [2.05, 4.69) is 6.92 Å². The molecule has 2 N–H and O–H groups in total. The van der Waals surface area contributed by atoms with Gasteiger partial charge in [0, 0.05) is 26.1 Å². The average molecular weight is 231 g/mol. The fourth-order valence-electron chi connectivity index (χ4n) is 1.60. The monoisotopic (exact) mass is 231 g/mol. The maximum atomic E-state index is 11.7. The van der Waals surface area contributed by atoms with Crippen LogP contribution in [0.4, 0.5) is 0 Å². The summed E-state index contributed by atoms with van der Waals surface area (Å²) in [5.74, 6) is 0.0413. The number of amides is 1. The third kappa shape index (κ3) is 7.65. The van der Waals surface area contributed by atoms with Crippen LogP contribution in [0.5, 0.6) is 0 Å². The van der Waals surface area contributed by atoms with Crippen molar-refractivity contribution in [2.24, 2.45) is 0 Å². The Bertz CT molecular complexity index is 174. The fourth-order valence-corrected chi connectivity index (χ4v) is 1.60. The van der Waals surface area contributed by atoms with Crippen LogP contribution in [0, 0.1) is 0 Å². The van der Waals surface area contributed by atoms with E-state index in [1.807, 2.05) is 0 Å². The first-order chi connectivity index (χ1) is 7.76. The molecule has 0 rings (SSSR count). The highest BCUT2D eigenvalue weighted by Gasteiger charge is 2.11. The zero-order valence-corrected chi connectivity index (χ0v) is 10.3. The predicted molar refractivity (Wildman–Crippen MR) is 64.1 cm³/mol. The first-order valence-corrected chi connectivity index (χ1v) is 6.25.